The Kier molecular flexibility index (Phi) is 6.88. The van der Waals surface area contributed by atoms with E-state index in [0.29, 0.717) is 16.7 Å². The van der Waals surface area contributed by atoms with Crippen molar-refractivity contribution in [1.82, 2.24) is 9.55 Å². The van der Waals surface area contributed by atoms with Gasteiger partial charge in [0.2, 0.25) is 11.5 Å². The van der Waals surface area contributed by atoms with Crippen molar-refractivity contribution in [2.75, 3.05) is 13.7 Å². The summed E-state index contributed by atoms with van der Waals surface area (Å²) < 4.78 is 13.4. The first kappa shape index (κ1) is 26.7. The molecule has 3 aromatic carbocycles. The van der Waals surface area contributed by atoms with Crippen molar-refractivity contribution in [2.24, 2.45) is 0 Å². The van der Waals surface area contributed by atoms with Crippen molar-refractivity contribution in [3.8, 4) is 0 Å². The molecule has 39 heavy (non-hydrogen) atoms. The van der Waals surface area contributed by atoms with Gasteiger partial charge in [-0.15, -0.1) is 0 Å². The molecule has 202 valence electrons. The highest BCUT2D eigenvalue weighted by atomic mass is 16.7. The van der Waals surface area contributed by atoms with Gasteiger partial charge in [-0.05, 0) is 23.6 Å². The number of benzene rings is 3. The van der Waals surface area contributed by atoms with E-state index < -0.39 is 47.0 Å². The van der Waals surface area contributed by atoms with Crippen molar-refractivity contribution in [3.63, 3.8) is 0 Å². The normalized spacial score (nSPS) is 25.1. The number of rotatable bonds is 7. The molecule has 0 unspecified atom stereocenters. The van der Waals surface area contributed by atoms with Crippen molar-refractivity contribution in [3.05, 3.63) is 140 Å². The number of aromatic amines is 1. The number of aryl methyl sites for hydroxylation is 1. The van der Waals surface area contributed by atoms with Crippen LogP contribution in [0.2, 0.25) is 0 Å². The van der Waals surface area contributed by atoms with Gasteiger partial charge in [-0.1, -0.05) is 91.0 Å². The molecule has 1 aliphatic rings. The highest BCUT2D eigenvalue weighted by Gasteiger charge is 2.77. The van der Waals surface area contributed by atoms with Crippen molar-refractivity contribution < 1.29 is 24.8 Å². The summed E-state index contributed by atoms with van der Waals surface area (Å²) in [6.07, 6.45) is -1.90. The van der Waals surface area contributed by atoms with Crippen LogP contribution in [0.15, 0.2) is 107 Å². The smallest absolute Gasteiger partial charge is 0.330 e. The van der Waals surface area contributed by atoms with E-state index in [1.54, 1.807) is 0 Å². The number of nitrogens with zero attached hydrogens (tertiary/aromatic N) is 1. The number of aromatic nitrogens is 2. The lowest BCUT2D eigenvalue weighted by molar-refractivity contribution is -0.329. The van der Waals surface area contributed by atoms with E-state index >= 15 is 0 Å². The highest BCUT2D eigenvalue weighted by Crippen LogP contribution is 2.60. The average Bonchev–Trinajstić information content (AvgIpc) is 3.20. The monoisotopic (exact) mass is 530 g/mol. The van der Waals surface area contributed by atoms with Crippen LogP contribution in [0.4, 0.5) is 0 Å². The number of H-pyrrole nitrogens is 1. The highest BCUT2D eigenvalue weighted by molar-refractivity contribution is 5.55. The van der Waals surface area contributed by atoms with Crippen LogP contribution in [0.3, 0.4) is 0 Å². The van der Waals surface area contributed by atoms with Gasteiger partial charge in [-0.25, -0.2) is 4.79 Å². The van der Waals surface area contributed by atoms with Crippen LogP contribution in [-0.2, 0) is 20.6 Å². The van der Waals surface area contributed by atoms with E-state index in [0.717, 1.165) is 4.57 Å². The Balaban J connectivity index is 2.11. The first-order valence-corrected chi connectivity index (χ1v) is 12.5. The fourth-order valence-electron chi connectivity index (χ4n) is 5.94. The number of aliphatic hydroxyl groups is 3. The van der Waals surface area contributed by atoms with Gasteiger partial charge >= 0.3 is 5.69 Å². The van der Waals surface area contributed by atoms with E-state index in [9.17, 15) is 24.9 Å². The fourth-order valence-corrected chi connectivity index (χ4v) is 5.94. The lowest BCUT2D eigenvalue weighted by Crippen LogP contribution is -2.71. The van der Waals surface area contributed by atoms with Crippen LogP contribution in [0.25, 0.3) is 0 Å². The molecule has 9 heteroatoms. The zero-order valence-electron chi connectivity index (χ0n) is 21.5. The topological polar surface area (TPSA) is 134 Å². The van der Waals surface area contributed by atoms with Crippen LogP contribution < -0.4 is 11.2 Å². The maximum Gasteiger partial charge on any atom is 0.330 e. The second kappa shape index (κ2) is 10.0. The zero-order chi connectivity index (χ0) is 27.8. The maximum absolute atomic E-state index is 13.7. The number of methoxy groups -OCH3 is 1. The number of nitrogens with one attached hydrogen (secondary N) is 1. The Morgan fingerprint density at radius 1 is 0.923 bits per heavy atom. The number of ether oxygens (including phenoxy) is 2. The average molecular weight is 531 g/mol. The van der Waals surface area contributed by atoms with Crippen LogP contribution in [0.5, 0.6) is 0 Å². The molecule has 0 bridgehead atoms. The predicted octanol–water partition coefficient (Wildman–Crippen LogP) is 1.62. The van der Waals surface area contributed by atoms with Gasteiger partial charge in [-0.2, -0.15) is 0 Å². The summed E-state index contributed by atoms with van der Waals surface area (Å²) in [5, 5.41) is 34.2. The minimum Gasteiger partial charge on any atom is -0.394 e. The molecule has 0 saturated carbocycles. The van der Waals surface area contributed by atoms with Crippen LogP contribution in [0.1, 0.15) is 22.3 Å². The number of aliphatic hydroxyl groups excluding tert-OH is 2. The standard InChI is InChI=1S/C30H30N2O7/c1-20-18-32(27(36)31-26(20)35)30(29(37,38-2)25(34)24(19-33)39-30)28(21-12-6-3-7-13-21,22-14-8-4-9-15-22)23-16-10-5-11-17-23/h3-18,24-25,33-34,37H,19H2,1-2H3,(H,31,35,36)/t24-,25-,29+,30-/m1/s1. The SMILES string of the molecule is CO[C@@]1(O)[C@H](O)[C@@H](CO)O[C@]1(n1cc(C)c(=O)[nH]c1=O)C(c1ccccc1)(c1ccccc1)c1ccccc1. The summed E-state index contributed by atoms with van der Waals surface area (Å²) in [6.45, 7) is 0.818. The lowest BCUT2D eigenvalue weighted by Gasteiger charge is -2.54. The lowest BCUT2D eigenvalue weighted by atomic mass is 9.59. The molecule has 1 fully saturated rings. The molecular weight excluding hydrogens is 500 g/mol. The molecule has 4 atom stereocenters. The molecule has 1 aromatic heterocycles. The number of hydrogen-bond acceptors (Lipinski definition) is 7. The summed E-state index contributed by atoms with van der Waals surface area (Å²) in [5.74, 6) is -2.63. The van der Waals surface area contributed by atoms with Crippen LogP contribution in [0, 0.1) is 6.92 Å². The molecule has 0 amide bonds. The summed E-state index contributed by atoms with van der Waals surface area (Å²) in [6, 6.07) is 27.3. The van der Waals surface area contributed by atoms with Gasteiger partial charge in [0, 0.05) is 18.9 Å². The first-order chi connectivity index (χ1) is 18.8. The molecule has 4 N–H and O–H groups in total. The fraction of sp³-hybridized carbons (Fsp3) is 0.267. The van der Waals surface area contributed by atoms with Gasteiger partial charge in [0.25, 0.3) is 5.56 Å². The third-order valence-corrected chi connectivity index (χ3v) is 7.64. The van der Waals surface area contributed by atoms with E-state index in [-0.39, 0.29) is 5.56 Å². The molecule has 1 aliphatic heterocycles. The Bertz CT molecular complexity index is 1460. The van der Waals surface area contributed by atoms with E-state index in [2.05, 4.69) is 4.98 Å². The van der Waals surface area contributed by atoms with E-state index in [4.69, 9.17) is 9.47 Å². The largest absolute Gasteiger partial charge is 0.394 e. The maximum atomic E-state index is 13.7. The molecule has 0 aliphatic carbocycles. The summed E-state index contributed by atoms with van der Waals surface area (Å²) in [7, 11) is 1.19. The van der Waals surface area contributed by atoms with Crippen molar-refractivity contribution >= 4 is 0 Å². The first-order valence-electron chi connectivity index (χ1n) is 12.5. The van der Waals surface area contributed by atoms with Crippen molar-refractivity contribution in [2.45, 2.75) is 36.1 Å². The second-order valence-electron chi connectivity index (χ2n) is 9.62. The Morgan fingerprint density at radius 3 is 1.79 bits per heavy atom. The molecule has 9 nitrogen and oxygen atoms in total. The predicted molar refractivity (Wildman–Crippen MR) is 143 cm³/mol. The molecule has 0 spiro atoms. The summed E-state index contributed by atoms with van der Waals surface area (Å²) >= 11 is 0. The van der Waals surface area contributed by atoms with Gasteiger partial charge in [0.1, 0.15) is 12.2 Å². The minimum atomic E-state index is -2.63. The van der Waals surface area contributed by atoms with Crippen molar-refractivity contribution in [1.29, 1.82) is 0 Å². The Morgan fingerprint density at radius 2 is 1.38 bits per heavy atom. The molecule has 2 heterocycles. The van der Waals surface area contributed by atoms with Gasteiger partial charge in [0.05, 0.1) is 12.0 Å². The molecule has 0 radical (unpaired) electrons. The quantitative estimate of drug-likeness (QED) is 0.211. The molecule has 5 rings (SSSR count). The number of hydrogen-bond donors (Lipinski definition) is 4. The van der Waals surface area contributed by atoms with Gasteiger partial charge in [-0.3, -0.25) is 14.3 Å². The van der Waals surface area contributed by atoms with Gasteiger partial charge in [0.15, 0.2) is 0 Å². The van der Waals surface area contributed by atoms with Crippen LogP contribution >= 0.6 is 0 Å². The third-order valence-electron chi connectivity index (χ3n) is 7.64. The van der Waals surface area contributed by atoms with E-state index in [1.165, 1.54) is 20.2 Å². The summed E-state index contributed by atoms with van der Waals surface area (Å²) in [4.78, 5) is 28.5. The molecule has 4 aromatic rings. The molecule has 1 saturated heterocycles. The van der Waals surface area contributed by atoms with E-state index in [1.807, 2.05) is 91.0 Å². The Hall–Kier alpha value is -3.86. The second-order valence-corrected chi connectivity index (χ2v) is 9.62. The molecular formula is C30H30N2O7. The van der Waals surface area contributed by atoms with Crippen LogP contribution in [-0.4, -0.2) is 56.6 Å². The Labute approximate surface area is 224 Å². The minimum absolute atomic E-state index is 0.154. The third kappa shape index (κ3) is 3.66. The summed E-state index contributed by atoms with van der Waals surface area (Å²) in [5.41, 5.74) is -3.52. The van der Waals surface area contributed by atoms with Gasteiger partial charge < -0.3 is 24.8 Å². The zero-order valence-corrected chi connectivity index (χ0v) is 21.5.